The van der Waals surface area contributed by atoms with Crippen LogP contribution in [0.15, 0.2) is 11.6 Å². The molecule has 9 atom stereocenters. The van der Waals surface area contributed by atoms with E-state index in [1.807, 2.05) is 0 Å². The Morgan fingerprint density at radius 3 is 3.03 bits per heavy atom. The zero-order chi connectivity index (χ0) is 23.8. The zero-order valence-electron chi connectivity index (χ0n) is 21.0. The van der Waals surface area contributed by atoms with Gasteiger partial charge in [0, 0.05) is 36.6 Å². The van der Waals surface area contributed by atoms with Gasteiger partial charge in [0.1, 0.15) is 18.6 Å². The number of rotatable bonds is 4. The summed E-state index contributed by atoms with van der Waals surface area (Å²) in [7, 11) is 2.07. The minimum absolute atomic E-state index is 0.124. The molecule has 29 heavy (non-hydrogen) atoms. The van der Waals surface area contributed by atoms with Gasteiger partial charge in [-0.2, -0.15) is 0 Å². The summed E-state index contributed by atoms with van der Waals surface area (Å²) in [5.74, 6) is -0.0850. The molecule has 4 rings (SSSR count). The van der Waals surface area contributed by atoms with E-state index in [0.717, 1.165) is 37.9 Å². The van der Waals surface area contributed by atoms with E-state index in [1.54, 1.807) is 0 Å². The Labute approximate surface area is 178 Å². The first kappa shape index (κ1) is 17.0. The molecular formula is C21H37F2N5O. The lowest BCUT2D eigenvalue weighted by Gasteiger charge is -2.45. The van der Waals surface area contributed by atoms with Crippen LogP contribution < -0.4 is 21.3 Å². The van der Waals surface area contributed by atoms with Gasteiger partial charge in [-0.25, -0.2) is 8.78 Å². The molecule has 0 aromatic carbocycles. The van der Waals surface area contributed by atoms with E-state index in [4.69, 9.17) is 10.2 Å². The van der Waals surface area contributed by atoms with Gasteiger partial charge >= 0.3 is 0 Å². The summed E-state index contributed by atoms with van der Waals surface area (Å²) in [5, 5.41) is 11.4. The third-order valence-corrected chi connectivity index (χ3v) is 6.97. The zero-order valence-corrected chi connectivity index (χ0v) is 17.0. The second-order valence-electron chi connectivity index (χ2n) is 8.95. The van der Waals surface area contributed by atoms with E-state index in [1.165, 1.54) is 0 Å². The van der Waals surface area contributed by atoms with Gasteiger partial charge in [-0.05, 0) is 59.1 Å². The number of likely N-dealkylation sites (N-methyl/N-ethyl adjacent to an activating group) is 1. The summed E-state index contributed by atoms with van der Waals surface area (Å²) >= 11 is 0. The fourth-order valence-electron chi connectivity index (χ4n) is 5.38. The Morgan fingerprint density at radius 2 is 2.21 bits per heavy atom. The van der Waals surface area contributed by atoms with Crippen molar-refractivity contribution < 1.29 is 19.0 Å². The second-order valence-corrected chi connectivity index (χ2v) is 8.95. The van der Waals surface area contributed by atoms with Crippen LogP contribution in [0.3, 0.4) is 0 Å². The number of fused-ring (bicyclic) bond motifs is 1. The predicted molar refractivity (Wildman–Crippen MR) is 110 cm³/mol. The molecule has 3 aliphatic heterocycles. The Hall–Kier alpha value is -0.640. The lowest BCUT2D eigenvalue weighted by atomic mass is 9.71. The van der Waals surface area contributed by atoms with Crippen LogP contribution in [0.25, 0.3) is 0 Å². The van der Waals surface area contributed by atoms with Crippen molar-refractivity contribution in [1.82, 2.24) is 26.2 Å². The number of alkyl halides is 2. The molecule has 0 radical (unpaired) electrons. The molecular weight excluding hydrogens is 376 g/mol. The molecule has 8 heteroatoms. The molecule has 4 N–H and O–H groups in total. The molecule has 3 fully saturated rings. The highest BCUT2D eigenvalue weighted by Crippen LogP contribution is 2.44. The van der Waals surface area contributed by atoms with Gasteiger partial charge in [-0.3, -0.25) is 16.0 Å². The topological polar surface area (TPSA) is 60.6 Å². The average molecular weight is 418 g/mol. The minimum atomic E-state index is -2.54. The summed E-state index contributed by atoms with van der Waals surface area (Å²) in [4.78, 5) is 2.23. The largest absolute Gasteiger partial charge is 0.377 e. The molecule has 1 saturated carbocycles. The summed E-state index contributed by atoms with van der Waals surface area (Å²) in [6.45, 7) is -0.389. The normalized spacial score (nSPS) is 49.2. The maximum atomic E-state index is 16.1. The number of halogens is 2. The van der Waals surface area contributed by atoms with Gasteiger partial charge in [0.2, 0.25) is 0 Å². The minimum Gasteiger partial charge on any atom is -0.377 e. The fourth-order valence-corrected chi connectivity index (χ4v) is 5.38. The van der Waals surface area contributed by atoms with Gasteiger partial charge < -0.3 is 15.0 Å². The van der Waals surface area contributed by atoms with E-state index in [2.05, 4.69) is 39.3 Å². The van der Waals surface area contributed by atoms with E-state index >= 15 is 4.39 Å². The van der Waals surface area contributed by atoms with Gasteiger partial charge in [-0.15, -0.1) is 0 Å². The lowest BCUT2D eigenvalue weighted by Crippen LogP contribution is -2.73. The van der Waals surface area contributed by atoms with Crippen LogP contribution in [0.1, 0.15) is 38.1 Å². The van der Waals surface area contributed by atoms with Gasteiger partial charge in [-0.1, -0.05) is 11.6 Å². The Balaban J connectivity index is 1.49. The van der Waals surface area contributed by atoms with E-state index < -0.39 is 43.9 Å². The van der Waals surface area contributed by atoms with Gasteiger partial charge in [0.25, 0.3) is 0 Å². The number of nitrogens with zero attached hydrogens (tertiary/aromatic N) is 1. The monoisotopic (exact) mass is 417 g/mol. The third-order valence-electron chi connectivity index (χ3n) is 6.97. The van der Waals surface area contributed by atoms with Crippen molar-refractivity contribution >= 4 is 0 Å². The van der Waals surface area contributed by atoms with E-state index in [-0.39, 0.29) is 24.8 Å². The Bertz CT molecular complexity index is 702. The van der Waals surface area contributed by atoms with E-state index in [0.29, 0.717) is 13.0 Å². The number of nitrogens with one attached hydrogen (secondary N) is 4. The SMILES string of the molecule is [2H]CC1NC(NC2CC3CCOC3C(C3=CCN(C)CCC3)C2F)NC(NC([2H])([2H])[2H])C1F. The van der Waals surface area contributed by atoms with Crippen LogP contribution in [-0.2, 0) is 4.74 Å². The van der Waals surface area contributed by atoms with Crippen LogP contribution in [0.2, 0.25) is 0 Å². The van der Waals surface area contributed by atoms with Crippen molar-refractivity contribution in [3.05, 3.63) is 11.6 Å². The Morgan fingerprint density at radius 1 is 1.31 bits per heavy atom. The van der Waals surface area contributed by atoms with Crippen molar-refractivity contribution in [3.8, 4) is 0 Å². The molecule has 1 aliphatic carbocycles. The molecule has 166 valence electrons. The summed E-state index contributed by atoms with van der Waals surface area (Å²) in [6.07, 6.45) is 0.658. The first-order valence-electron chi connectivity index (χ1n) is 13.0. The maximum absolute atomic E-state index is 16.1. The molecule has 0 spiro atoms. The molecule has 3 heterocycles. The fraction of sp³-hybridized carbons (Fsp3) is 0.905. The summed E-state index contributed by atoms with van der Waals surface area (Å²) < 4.78 is 66.8. The van der Waals surface area contributed by atoms with Crippen LogP contribution in [-0.4, -0.2) is 81.6 Å². The Kier molecular flexibility index (Phi) is 5.41. The lowest BCUT2D eigenvalue weighted by molar-refractivity contribution is -0.0282. The predicted octanol–water partition coefficient (Wildman–Crippen LogP) is 1.11. The highest BCUT2D eigenvalue weighted by atomic mass is 19.1. The highest BCUT2D eigenvalue weighted by Gasteiger charge is 2.50. The van der Waals surface area contributed by atoms with Crippen molar-refractivity contribution in [2.24, 2.45) is 11.8 Å². The van der Waals surface area contributed by atoms with E-state index in [9.17, 15) is 4.39 Å². The van der Waals surface area contributed by atoms with Crippen molar-refractivity contribution in [2.45, 2.75) is 75.6 Å². The molecule has 6 nitrogen and oxygen atoms in total. The quantitative estimate of drug-likeness (QED) is 0.514. The molecule has 0 aromatic rings. The molecule has 2 saturated heterocycles. The van der Waals surface area contributed by atoms with Crippen molar-refractivity contribution in [2.75, 3.05) is 33.7 Å². The highest BCUT2D eigenvalue weighted by molar-refractivity contribution is 5.18. The molecule has 0 aromatic heterocycles. The summed E-state index contributed by atoms with van der Waals surface area (Å²) in [6, 6.07) is -1.37. The number of hydrogen-bond acceptors (Lipinski definition) is 6. The number of hydrogen-bond donors (Lipinski definition) is 4. The second kappa shape index (κ2) is 9.24. The van der Waals surface area contributed by atoms with Crippen LogP contribution in [0, 0.1) is 11.8 Å². The van der Waals surface area contributed by atoms with Crippen LogP contribution >= 0.6 is 0 Å². The smallest absolute Gasteiger partial charge is 0.143 e. The molecule has 9 unspecified atom stereocenters. The van der Waals surface area contributed by atoms with Crippen molar-refractivity contribution in [1.29, 1.82) is 0 Å². The molecule has 0 amide bonds. The number of ether oxygens (including phenoxy) is 1. The first-order chi connectivity index (χ1) is 15.7. The van der Waals surface area contributed by atoms with Crippen LogP contribution in [0.4, 0.5) is 8.78 Å². The maximum Gasteiger partial charge on any atom is 0.143 e. The van der Waals surface area contributed by atoms with Crippen LogP contribution in [0.5, 0.6) is 0 Å². The summed E-state index contributed by atoms with van der Waals surface area (Å²) in [5.41, 5.74) is 1.12. The first-order valence-corrected chi connectivity index (χ1v) is 10.8. The van der Waals surface area contributed by atoms with Crippen molar-refractivity contribution in [3.63, 3.8) is 0 Å². The van der Waals surface area contributed by atoms with Gasteiger partial charge in [0.15, 0.2) is 0 Å². The molecule has 0 bridgehead atoms. The third kappa shape index (κ3) is 4.52. The average Bonchev–Trinajstić information content (AvgIpc) is 3.10. The molecule has 4 aliphatic rings. The standard InChI is InChI=1S/C21H37F2N5O/c1-12-17(22)20(24-2)27-21(25-12)26-15-11-14-7-10-29-19(14)16(18(15)23)13-5-4-8-28(3)9-6-13/h6,12,14-21,24-27H,4-5,7-11H2,1-3H3/i1D,2D3. The van der Waals surface area contributed by atoms with Gasteiger partial charge in [0.05, 0.1) is 12.3 Å².